The summed E-state index contributed by atoms with van der Waals surface area (Å²) in [5.41, 5.74) is 0. The molecule has 0 saturated carbocycles. The molecule has 0 radical (unpaired) electrons. The smallest absolute Gasteiger partial charge is 0.142 e. The second-order valence-electron chi connectivity index (χ2n) is 4.04. The van der Waals surface area contributed by atoms with Crippen LogP contribution in [0.1, 0.15) is 34.1 Å². The lowest BCUT2D eigenvalue weighted by molar-refractivity contribution is -0.121. The van der Waals surface area contributed by atoms with Crippen LogP contribution in [0.4, 0.5) is 0 Å². The minimum atomic E-state index is 0.0689. The Hall–Kier alpha value is -0.790. The van der Waals surface area contributed by atoms with Crippen LogP contribution in [0.15, 0.2) is 12.3 Å². The van der Waals surface area contributed by atoms with Crippen LogP contribution >= 0.6 is 0 Å². The fraction of sp³-hybridized carbons (Fsp3) is 0.727. The summed E-state index contributed by atoms with van der Waals surface area (Å²) in [5, 5.41) is 0. The molecule has 0 amide bonds. The molecule has 0 fully saturated rings. The van der Waals surface area contributed by atoms with Crippen molar-refractivity contribution in [3.8, 4) is 0 Å². The van der Waals surface area contributed by atoms with E-state index in [4.69, 9.17) is 4.74 Å². The van der Waals surface area contributed by atoms with Gasteiger partial charge in [0.2, 0.25) is 0 Å². The standard InChI is InChI=1S/C11H20O2/c1-8(2)7-13-10(5)6-11(12)9(3)4/h8-9H,5-7H2,1-4H3. The van der Waals surface area contributed by atoms with Crippen LogP contribution in [0.5, 0.6) is 0 Å². The molecule has 0 atom stereocenters. The van der Waals surface area contributed by atoms with Crippen LogP contribution in [0.2, 0.25) is 0 Å². The van der Waals surface area contributed by atoms with Gasteiger partial charge in [0, 0.05) is 5.92 Å². The Morgan fingerprint density at radius 1 is 1.31 bits per heavy atom. The second kappa shape index (κ2) is 5.79. The molecule has 2 heteroatoms. The average Bonchev–Trinajstić information content (AvgIpc) is 2.00. The second-order valence-corrected chi connectivity index (χ2v) is 4.04. The third kappa shape index (κ3) is 6.38. The predicted octanol–water partition coefficient (Wildman–Crippen LogP) is 2.79. The van der Waals surface area contributed by atoms with Crippen molar-refractivity contribution in [2.45, 2.75) is 34.1 Å². The normalized spacial score (nSPS) is 10.6. The molecule has 2 nitrogen and oxygen atoms in total. The SMILES string of the molecule is C=C(CC(=O)C(C)C)OCC(C)C. The molecule has 76 valence electrons. The highest BCUT2D eigenvalue weighted by molar-refractivity contribution is 5.82. The summed E-state index contributed by atoms with van der Waals surface area (Å²) in [6.45, 7) is 12.3. The number of carbonyl (C=O) groups excluding carboxylic acids is 1. The molecule has 0 unspecified atom stereocenters. The van der Waals surface area contributed by atoms with Crippen LogP contribution in [0, 0.1) is 11.8 Å². The van der Waals surface area contributed by atoms with Gasteiger partial charge < -0.3 is 4.74 Å². The van der Waals surface area contributed by atoms with Crippen LogP contribution in [-0.4, -0.2) is 12.4 Å². The lowest BCUT2D eigenvalue weighted by atomic mass is 10.1. The van der Waals surface area contributed by atoms with Crippen molar-refractivity contribution in [3.63, 3.8) is 0 Å². The van der Waals surface area contributed by atoms with Crippen molar-refractivity contribution in [1.29, 1.82) is 0 Å². The summed E-state index contributed by atoms with van der Waals surface area (Å²) >= 11 is 0. The van der Waals surface area contributed by atoms with Crippen LogP contribution in [0.25, 0.3) is 0 Å². The van der Waals surface area contributed by atoms with Gasteiger partial charge in [0.25, 0.3) is 0 Å². The minimum Gasteiger partial charge on any atom is -0.498 e. The van der Waals surface area contributed by atoms with Crippen LogP contribution in [-0.2, 0) is 9.53 Å². The molecule has 0 aromatic rings. The number of allylic oxidation sites excluding steroid dienone is 1. The van der Waals surface area contributed by atoms with E-state index in [-0.39, 0.29) is 11.7 Å². The average molecular weight is 184 g/mol. The molecular weight excluding hydrogens is 164 g/mol. The maximum Gasteiger partial charge on any atom is 0.142 e. The van der Waals surface area contributed by atoms with E-state index in [1.54, 1.807) is 0 Å². The van der Waals surface area contributed by atoms with Crippen molar-refractivity contribution >= 4 is 5.78 Å². The fourth-order valence-electron chi connectivity index (χ4n) is 0.734. The summed E-state index contributed by atoms with van der Waals surface area (Å²) in [6.07, 6.45) is 0.352. The highest BCUT2D eigenvalue weighted by atomic mass is 16.5. The molecular formula is C11H20O2. The molecule has 0 bridgehead atoms. The number of Topliss-reactive ketones (excluding diaryl/α,β-unsaturated/α-hetero) is 1. The van der Waals surface area contributed by atoms with E-state index in [1.165, 1.54) is 0 Å². The molecule has 0 spiro atoms. The number of carbonyl (C=O) groups is 1. The minimum absolute atomic E-state index is 0.0689. The number of rotatable bonds is 6. The highest BCUT2D eigenvalue weighted by Gasteiger charge is 2.09. The quantitative estimate of drug-likeness (QED) is 0.593. The molecule has 0 N–H and O–H groups in total. The lowest BCUT2D eigenvalue weighted by Crippen LogP contribution is -2.10. The molecule has 0 aliphatic carbocycles. The number of hydrogen-bond donors (Lipinski definition) is 0. The zero-order valence-electron chi connectivity index (χ0n) is 9.09. The van der Waals surface area contributed by atoms with Crippen molar-refractivity contribution in [2.75, 3.05) is 6.61 Å². The Labute approximate surface area is 81.0 Å². The molecule has 0 aromatic heterocycles. The van der Waals surface area contributed by atoms with Gasteiger partial charge >= 0.3 is 0 Å². The van der Waals surface area contributed by atoms with Gasteiger partial charge in [-0.25, -0.2) is 0 Å². The zero-order chi connectivity index (χ0) is 10.4. The molecule has 0 aliphatic rings. The van der Waals surface area contributed by atoms with Gasteiger partial charge in [-0.3, -0.25) is 4.79 Å². The van der Waals surface area contributed by atoms with E-state index in [0.717, 1.165) is 0 Å². The Kier molecular flexibility index (Phi) is 5.44. The Morgan fingerprint density at radius 2 is 1.85 bits per heavy atom. The van der Waals surface area contributed by atoms with E-state index in [9.17, 15) is 4.79 Å². The van der Waals surface area contributed by atoms with E-state index in [0.29, 0.717) is 24.7 Å². The number of ether oxygens (including phenoxy) is 1. The van der Waals surface area contributed by atoms with Gasteiger partial charge in [-0.2, -0.15) is 0 Å². The van der Waals surface area contributed by atoms with E-state index >= 15 is 0 Å². The summed E-state index contributed by atoms with van der Waals surface area (Å²) < 4.78 is 5.31. The van der Waals surface area contributed by atoms with Gasteiger partial charge in [0.1, 0.15) is 5.78 Å². The molecule has 0 heterocycles. The Bertz CT molecular complexity index is 181. The third-order valence-electron chi connectivity index (χ3n) is 1.64. The van der Waals surface area contributed by atoms with Crippen molar-refractivity contribution in [3.05, 3.63) is 12.3 Å². The van der Waals surface area contributed by atoms with Gasteiger partial charge in [-0.1, -0.05) is 34.3 Å². The zero-order valence-corrected chi connectivity index (χ0v) is 9.09. The first-order chi connectivity index (χ1) is 5.93. The Morgan fingerprint density at radius 3 is 2.23 bits per heavy atom. The summed E-state index contributed by atoms with van der Waals surface area (Å²) in [7, 11) is 0. The van der Waals surface area contributed by atoms with E-state index in [1.807, 2.05) is 13.8 Å². The molecule has 0 saturated heterocycles. The molecule has 0 rings (SSSR count). The maximum absolute atomic E-state index is 11.3. The van der Waals surface area contributed by atoms with Crippen molar-refractivity contribution < 1.29 is 9.53 Å². The lowest BCUT2D eigenvalue weighted by Gasteiger charge is -2.11. The Balaban J connectivity index is 3.69. The summed E-state index contributed by atoms with van der Waals surface area (Å²) in [6, 6.07) is 0. The first-order valence-corrected chi connectivity index (χ1v) is 4.76. The van der Waals surface area contributed by atoms with Crippen LogP contribution < -0.4 is 0 Å². The first-order valence-electron chi connectivity index (χ1n) is 4.76. The fourth-order valence-corrected chi connectivity index (χ4v) is 0.734. The maximum atomic E-state index is 11.3. The van der Waals surface area contributed by atoms with Gasteiger partial charge in [0.05, 0.1) is 18.8 Å². The third-order valence-corrected chi connectivity index (χ3v) is 1.64. The highest BCUT2D eigenvalue weighted by Crippen LogP contribution is 2.08. The molecule has 0 aromatic carbocycles. The van der Waals surface area contributed by atoms with Gasteiger partial charge in [-0.05, 0) is 5.92 Å². The monoisotopic (exact) mass is 184 g/mol. The first kappa shape index (κ1) is 12.2. The van der Waals surface area contributed by atoms with E-state index in [2.05, 4.69) is 20.4 Å². The number of hydrogen-bond acceptors (Lipinski definition) is 2. The molecule has 13 heavy (non-hydrogen) atoms. The van der Waals surface area contributed by atoms with E-state index < -0.39 is 0 Å². The predicted molar refractivity (Wildman–Crippen MR) is 54.4 cm³/mol. The van der Waals surface area contributed by atoms with Gasteiger partial charge in [0.15, 0.2) is 0 Å². The summed E-state index contributed by atoms with van der Waals surface area (Å²) in [5.74, 6) is 1.33. The topological polar surface area (TPSA) is 26.3 Å². The largest absolute Gasteiger partial charge is 0.498 e. The van der Waals surface area contributed by atoms with Crippen molar-refractivity contribution in [1.82, 2.24) is 0 Å². The van der Waals surface area contributed by atoms with Crippen LogP contribution in [0.3, 0.4) is 0 Å². The number of ketones is 1. The summed E-state index contributed by atoms with van der Waals surface area (Å²) in [4.78, 5) is 11.3. The van der Waals surface area contributed by atoms with Gasteiger partial charge in [-0.15, -0.1) is 0 Å². The van der Waals surface area contributed by atoms with Crippen molar-refractivity contribution in [2.24, 2.45) is 11.8 Å². The molecule has 0 aliphatic heterocycles.